The summed E-state index contributed by atoms with van der Waals surface area (Å²) in [7, 11) is 1.77. The summed E-state index contributed by atoms with van der Waals surface area (Å²) in [5, 5.41) is 2.91. The highest BCUT2D eigenvalue weighted by Gasteiger charge is 2.24. The molecule has 0 aromatic carbocycles. The Morgan fingerprint density at radius 2 is 1.90 bits per heavy atom. The highest BCUT2D eigenvalue weighted by atomic mass is 16.5. The molecule has 2 atom stereocenters. The largest absolute Gasteiger partial charge is 0.463 e. The molecule has 20 heavy (non-hydrogen) atoms. The van der Waals surface area contributed by atoms with E-state index in [1.807, 2.05) is 6.92 Å². The summed E-state index contributed by atoms with van der Waals surface area (Å²) in [4.78, 5) is 12.7. The van der Waals surface area contributed by atoms with E-state index in [2.05, 4.69) is 27.2 Å². The minimum atomic E-state index is 0.190. The monoisotopic (exact) mass is 280 g/mol. The molecule has 2 unspecified atom stereocenters. The number of hydrogen-bond acceptors (Lipinski definition) is 6. The molecule has 0 bridgehead atoms. The van der Waals surface area contributed by atoms with Gasteiger partial charge in [-0.3, -0.25) is 0 Å². The summed E-state index contributed by atoms with van der Waals surface area (Å²) in [6.45, 7) is 4.85. The van der Waals surface area contributed by atoms with E-state index in [-0.39, 0.29) is 6.10 Å². The first-order valence-electron chi connectivity index (χ1n) is 7.46. The van der Waals surface area contributed by atoms with Gasteiger partial charge in [-0.2, -0.15) is 9.97 Å². The lowest BCUT2D eigenvalue weighted by Crippen LogP contribution is -2.29. The van der Waals surface area contributed by atoms with Crippen molar-refractivity contribution in [3.63, 3.8) is 0 Å². The van der Waals surface area contributed by atoms with E-state index in [1.54, 1.807) is 7.05 Å². The summed E-state index contributed by atoms with van der Waals surface area (Å²) >= 11 is 0. The summed E-state index contributed by atoms with van der Waals surface area (Å²) in [5.74, 6) is 1.02. The third kappa shape index (κ3) is 3.95. The lowest BCUT2D eigenvalue weighted by Gasteiger charge is -2.28. The second-order valence-electron chi connectivity index (χ2n) is 5.24. The van der Waals surface area contributed by atoms with Crippen LogP contribution in [-0.2, 0) is 0 Å². The Kier molecular flexibility index (Phi) is 5.38. The average Bonchev–Trinajstić information content (AvgIpc) is 2.47. The third-order valence-electron chi connectivity index (χ3n) is 3.54. The SMILES string of the molecule is CCCOc1nc(NC)nc(OC2CCCCC2C)n1. The van der Waals surface area contributed by atoms with Crippen molar-refractivity contribution in [3.8, 4) is 12.0 Å². The van der Waals surface area contributed by atoms with Gasteiger partial charge in [0.05, 0.1) is 6.61 Å². The van der Waals surface area contributed by atoms with E-state index in [0.29, 0.717) is 30.5 Å². The first kappa shape index (κ1) is 14.8. The molecule has 1 saturated carbocycles. The molecular weight excluding hydrogens is 256 g/mol. The van der Waals surface area contributed by atoms with Gasteiger partial charge < -0.3 is 14.8 Å². The van der Waals surface area contributed by atoms with E-state index in [0.717, 1.165) is 12.8 Å². The Balaban J connectivity index is 2.08. The molecule has 0 radical (unpaired) electrons. The predicted octanol–water partition coefficient (Wildman–Crippen LogP) is 2.66. The van der Waals surface area contributed by atoms with Gasteiger partial charge in [0.15, 0.2) is 0 Å². The maximum Gasteiger partial charge on any atom is 0.324 e. The Morgan fingerprint density at radius 3 is 2.60 bits per heavy atom. The fourth-order valence-electron chi connectivity index (χ4n) is 2.35. The lowest BCUT2D eigenvalue weighted by molar-refractivity contribution is 0.0908. The molecule has 112 valence electrons. The second-order valence-corrected chi connectivity index (χ2v) is 5.24. The normalized spacial score (nSPS) is 22.4. The summed E-state index contributed by atoms with van der Waals surface area (Å²) < 4.78 is 11.4. The smallest absolute Gasteiger partial charge is 0.324 e. The third-order valence-corrected chi connectivity index (χ3v) is 3.54. The molecule has 2 rings (SSSR count). The molecular formula is C14H24N4O2. The number of rotatable bonds is 6. The van der Waals surface area contributed by atoms with Crippen LogP contribution >= 0.6 is 0 Å². The van der Waals surface area contributed by atoms with Gasteiger partial charge in [-0.05, 0) is 31.6 Å². The highest BCUT2D eigenvalue weighted by Crippen LogP contribution is 2.27. The van der Waals surface area contributed by atoms with Crippen LogP contribution in [0.5, 0.6) is 12.0 Å². The molecule has 1 aliphatic carbocycles. The zero-order chi connectivity index (χ0) is 14.4. The van der Waals surface area contributed by atoms with Crippen LogP contribution in [0.1, 0.15) is 46.0 Å². The molecule has 1 fully saturated rings. The van der Waals surface area contributed by atoms with Gasteiger partial charge in [0.25, 0.3) is 0 Å². The van der Waals surface area contributed by atoms with Crippen molar-refractivity contribution in [1.29, 1.82) is 0 Å². The number of nitrogens with one attached hydrogen (secondary N) is 1. The fourth-order valence-corrected chi connectivity index (χ4v) is 2.35. The second kappa shape index (κ2) is 7.26. The van der Waals surface area contributed by atoms with Gasteiger partial charge in [0, 0.05) is 7.05 Å². The van der Waals surface area contributed by atoms with Crippen LogP contribution < -0.4 is 14.8 Å². The molecule has 0 saturated heterocycles. The molecule has 0 spiro atoms. The molecule has 1 aliphatic rings. The zero-order valence-electron chi connectivity index (χ0n) is 12.6. The number of nitrogens with zero attached hydrogens (tertiary/aromatic N) is 3. The van der Waals surface area contributed by atoms with Crippen LogP contribution in [0.25, 0.3) is 0 Å². The topological polar surface area (TPSA) is 69.2 Å². The van der Waals surface area contributed by atoms with Crippen molar-refractivity contribution in [2.75, 3.05) is 19.0 Å². The summed E-state index contributed by atoms with van der Waals surface area (Å²) in [6, 6.07) is 0.680. The molecule has 1 heterocycles. The highest BCUT2D eigenvalue weighted by molar-refractivity contribution is 5.26. The lowest BCUT2D eigenvalue weighted by atomic mass is 9.88. The minimum Gasteiger partial charge on any atom is -0.463 e. The number of hydrogen-bond donors (Lipinski definition) is 1. The van der Waals surface area contributed by atoms with Crippen LogP contribution in [0.2, 0.25) is 0 Å². The van der Waals surface area contributed by atoms with Gasteiger partial charge in [-0.1, -0.05) is 20.3 Å². The van der Waals surface area contributed by atoms with Crippen molar-refractivity contribution >= 4 is 5.95 Å². The van der Waals surface area contributed by atoms with Crippen LogP contribution in [0, 0.1) is 5.92 Å². The van der Waals surface area contributed by atoms with Gasteiger partial charge in [-0.15, -0.1) is 4.98 Å². The van der Waals surface area contributed by atoms with Crippen LogP contribution in [0.4, 0.5) is 5.95 Å². The Morgan fingerprint density at radius 1 is 1.15 bits per heavy atom. The van der Waals surface area contributed by atoms with E-state index in [1.165, 1.54) is 19.3 Å². The fraction of sp³-hybridized carbons (Fsp3) is 0.786. The quantitative estimate of drug-likeness (QED) is 0.864. The van der Waals surface area contributed by atoms with Crippen LogP contribution in [-0.4, -0.2) is 34.7 Å². The number of anilines is 1. The molecule has 0 aliphatic heterocycles. The van der Waals surface area contributed by atoms with Gasteiger partial charge >= 0.3 is 12.0 Å². The van der Waals surface area contributed by atoms with Crippen molar-refractivity contribution in [2.24, 2.45) is 5.92 Å². The van der Waals surface area contributed by atoms with Crippen LogP contribution in [0.3, 0.4) is 0 Å². The minimum absolute atomic E-state index is 0.190. The van der Waals surface area contributed by atoms with Crippen molar-refractivity contribution in [3.05, 3.63) is 0 Å². The van der Waals surface area contributed by atoms with Crippen LogP contribution in [0.15, 0.2) is 0 Å². The maximum absolute atomic E-state index is 5.95. The first-order valence-corrected chi connectivity index (χ1v) is 7.46. The molecule has 6 heteroatoms. The molecule has 1 aromatic rings. The average molecular weight is 280 g/mol. The molecule has 1 N–H and O–H groups in total. The zero-order valence-corrected chi connectivity index (χ0v) is 12.6. The Hall–Kier alpha value is -1.59. The van der Waals surface area contributed by atoms with Crippen molar-refractivity contribution < 1.29 is 9.47 Å². The van der Waals surface area contributed by atoms with E-state index >= 15 is 0 Å². The number of aromatic nitrogens is 3. The van der Waals surface area contributed by atoms with E-state index in [4.69, 9.17) is 9.47 Å². The summed E-state index contributed by atoms with van der Waals surface area (Å²) in [6.07, 6.45) is 5.86. The maximum atomic E-state index is 5.95. The predicted molar refractivity (Wildman–Crippen MR) is 77.2 cm³/mol. The first-order chi connectivity index (χ1) is 9.72. The van der Waals surface area contributed by atoms with Crippen molar-refractivity contribution in [2.45, 2.75) is 52.1 Å². The molecule has 0 amide bonds. The summed E-state index contributed by atoms with van der Waals surface area (Å²) in [5.41, 5.74) is 0. The molecule has 6 nitrogen and oxygen atoms in total. The van der Waals surface area contributed by atoms with Crippen molar-refractivity contribution in [1.82, 2.24) is 15.0 Å². The Bertz CT molecular complexity index is 428. The molecule has 1 aromatic heterocycles. The van der Waals surface area contributed by atoms with E-state index in [9.17, 15) is 0 Å². The van der Waals surface area contributed by atoms with Gasteiger partial charge in [-0.25, -0.2) is 0 Å². The number of ether oxygens (including phenoxy) is 2. The van der Waals surface area contributed by atoms with Gasteiger partial charge in [0.1, 0.15) is 6.10 Å². The van der Waals surface area contributed by atoms with E-state index < -0.39 is 0 Å². The van der Waals surface area contributed by atoms with Gasteiger partial charge in [0.2, 0.25) is 5.95 Å². The standard InChI is InChI=1S/C14H24N4O2/c1-4-9-19-13-16-12(15-3)17-14(18-13)20-11-8-6-5-7-10(11)2/h10-11H,4-9H2,1-3H3,(H,15,16,17,18). The Labute approximate surface area is 120 Å².